The van der Waals surface area contributed by atoms with Crippen molar-refractivity contribution in [2.24, 2.45) is 5.73 Å². The minimum absolute atomic E-state index is 0.0526. The molecule has 0 fully saturated rings. The maximum atomic E-state index is 11.4. The Labute approximate surface area is 111 Å². The summed E-state index contributed by atoms with van der Waals surface area (Å²) in [5.74, 6) is -0.0526. The lowest BCUT2D eigenvalue weighted by Crippen LogP contribution is -2.31. The molecule has 1 rings (SSSR count). The van der Waals surface area contributed by atoms with E-state index >= 15 is 0 Å². The van der Waals surface area contributed by atoms with Gasteiger partial charge in [-0.05, 0) is 31.0 Å². The molecule has 0 radical (unpaired) electrons. The Kier molecular flexibility index (Phi) is 5.75. The molecule has 1 unspecified atom stereocenters. The van der Waals surface area contributed by atoms with Gasteiger partial charge in [0.1, 0.15) is 0 Å². The van der Waals surface area contributed by atoms with Crippen LogP contribution in [0.15, 0.2) is 18.2 Å². The van der Waals surface area contributed by atoms with Crippen molar-refractivity contribution < 1.29 is 4.79 Å². The van der Waals surface area contributed by atoms with E-state index in [1.54, 1.807) is 25.1 Å². The normalized spacial score (nSPS) is 12.2. The fourth-order valence-corrected chi connectivity index (χ4v) is 2.05. The summed E-state index contributed by atoms with van der Waals surface area (Å²) in [5, 5.41) is 4.03. The average Bonchev–Trinajstić information content (AvgIpc) is 2.21. The molecule has 0 spiro atoms. The molecule has 1 aromatic rings. The summed E-state index contributed by atoms with van der Waals surface area (Å²) < 4.78 is 0. The summed E-state index contributed by atoms with van der Waals surface area (Å²) in [5.41, 5.74) is 6.38. The molecule has 0 heterocycles. The third-order valence-corrected chi connectivity index (χ3v) is 2.97. The topological polar surface area (TPSA) is 55.1 Å². The Bertz CT molecular complexity index is 374. The summed E-state index contributed by atoms with van der Waals surface area (Å²) >= 11 is 12.0. The lowest BCUT2D eigenvalue weighted by Gasteiger charge is -2.09. The third kappa shape index (κ3) is 4.94. The van der Waals surface area contributed by atoms with Gasteiger partial charge < -0.3 is 11.1 Å². The Balaban J connectivity index is 2.43. The number of carbonyl (C=O) groups excluding carboxylic acids is 1. The van der Waals surface area contributed by atoms with Crippen molar-refractivity contribution in [1.29, 1.82) is 0 Å². The van der Waals surface area contributed by atoms with Crippen molar-refractivity contribution in [3.8, 4) is 0 Å². The van der Waals surface area contributed by atoms with E-state index in [1.807, 2.05) is 0 Å². The van der Waals surface area contributed by atoms with Gasteiger partial charge in [0.2, 0.25) is 5.91 Å². The van der Waals surface area contributed by atoms with Gasteiger partial charge in [0.05, 0.1) is 0 Å². The maximum Gasteiger partial charge on any atom is 0.221 e. The zero-order valence-corrected chi connectivity index (χ0v) is 11.2. The predicted octanol–water partition coefficient (Wildman–Crippen LogP) is 2.39. The molecule has 1 amide bonds. The number of carbonyl (C=O) groups is 1. The van der Waals surface area contributed by atoms with Crippen LogP contribution in [-0.4, -0.2) is 18.5 Å². The van der Waals surface area contributed by atoms with E-state index in [1.165, 1.54) is 0 Å². The molecule has 0 aliphatic carbocycles. The number of halogens is 2. The van der Waals surface area contributed by atoms with Crippen LogP contribution in [0.2, 0.25) is 10.0 Å². The van der Waals surface area contributed by atoms with Crippen LogP contribution in [0.25, 0.3) is 0 Å². The highest BCUT2D eigenvalue weighted by atomic mass is 35.5. The first-order valence-electron chi connectivity index (χ1n) is 5.46. The molecule has 0 aliphatic rings. The molecule has 0 aromatic heterocycles. The fraction of sp³-hybridized carbons (Fsp3) is 0.417. The Morgan fingerprint density at radius 1 is 1.41 bits per heavy atom. The van der Waals surface area contributed by atoms with Crippen LogP contribution < -0.4 is 11.1 Å². The first kappa shape index (κ1) is 14.3. The molecule has 1 aromatic carbocycles. The van der Waals surface area contributed by atoms with Crippen LogP contribution in [0, 0.1) is 0 Å². The molecular formula is C12H16Cl2N2O. The lowest BCUT2D eigenvalue weighted by molar-refractivity contribution is -0.121. The molecule has 3 nitrogen and oxygen atoms in total. The van der Waals surface area contributed by atoms with E-state index in [9.17, 15) is 4.79 Å². The molecule has 3 N–H and O–H groups in total. The summed E-state index contributed by atoms with van der Waals surface area (Å²) in [4.78, 5) is 11.4. The van der Waals surface area contributed by atoms with Crippen LogP contribution in [0.5, 0.6) is 0 Å². The molecule has 1 atom stereocenters. The number of amides is 1. The van der Waals surface area contributed by atoms with Gasteiger partial charge in [-0.15, -0.1) is 0 Å². The first-order chi connectivity index (χ1) is 8.00. The second-order valence-electron chi connectivity index (χ2n) is 3.98. The van der Waals surface area contributed by atoms with Gasteiger partial charge in [0, 0.05) is 29.1 Å². The molecular weight excluding hydrogens is 259 g/mol. The molecule has 94 valence electrons. The highest BCUT2D eigenvalue weighted by Crippen LogP contribution is 2.24. The fourth-order valence-electron chi connectivity index (χ4n) is 1.46. The van der Waals surface area contributed by atoms with E-state index < -0.39 is 0 Å². The number of hydrogen-bond acceptors (Lipinski definition) is 2. The predicted molar refractivity (Wildman–Crippen MR) is 71.4 cm³/mol. The quantitative estimate of drug-likeness (QED) is 0.866. The first-order valence-corrected chi connectivity index (χ1v) is 6.21. The standard InChI is InChI=1S/C12H16Cl2N2O/c1-8(15)7-12(17)16-6-5-9-10(13)3-2-4-11(9)14/h2-4,8H,5-7,15H2,1H3,(H,16,17). The highest BCUT2D eigenvalue weighted by Gasteiger charge is 2.07. The van der Waals surface area contributed by atoms with Crippen molar-refractivity contribution in [2.45, 2.75) is 25.8 Å². The van der Waals surface area contributed by atoms with Gasteiger partial charge >= 0.3 is 0 Å². The minimum Gasteiger partial charge on any atom is -0.356 e. The summed E-state index contributed by atoms with van der Waals surface area (Å²) in [7, 11) is 0. The van der Waals surface area contributed by atoms with Gasteiger partial charge in [-0.1, -0.05) is 29.3 Å². The van der Waals surface area contributed by atoms with E-state index in [2.05, 4.69) is 5.32 Å². The van der Waals surface area contributed by atoms with Gasteiger partial charge in [-0.3, -0.25) is 4.79 Å². The van der Waals surface area contributed by atoms with Crippen LogP contribution in [0.4, 0.5) is 0 Å². The molecule has 0 saturated carbocycles. The summed E-state index contributed by atoms with van der Waals surface area (Å²) in [6, 6.07) is 5.24. The molecule has 0 saturated heterocycles. The minimum atomic E-state index is -0.126. The second-order valence-corrected chi connectivity index (χ2v) is 4.80. The Morgan fingerprint density at radius 3 is 2.53 bits per heavy atom. The smallest absolute Gasteiger partial charge is 0.221 e. The average molecular weight is 275 g/mol. The molecule has 0 aliphatic heterocycles. The number of nitrogens with two attached hydrogens (primary N) is 1. The van der Waals surface area contributed by atoms with Crippen molar-refractivity contribution in [1.82, 2.24) is 5.32 Å². The molecule has 5 heteroatoms. The number of rotatable bonds is 5. The van der Waals surface area contributed by atoms with Gasteiger partial charge in [-0.25, -0.2) is 0 Å². The van der Waals surface area contributed by atoms with Gasteiger partial charge in [0.15, 0.2) is 0 Å². The molecule has 17 heavy (non-hydrogen) atoms. The van der Waals surface area contributed by atoms with Crippen LogP contribution in [0.3, 0.4) is 0 Å². The van der Waals surface area contributed by atoms with E-state index in [0.717, 1.165) is 5.56 Å². The SMILES string of the molecule is CC(N)CC(=O)NCCc1c(Cl)cccc1Cl. The highest BCUT2D eigenvalue weighted by molar-refractivity contribution is 6.35. The van der Waals surface area contributed by atoms with Crippen molar-refractivity contribution in [3.05, 3.63) is 33.8 Å². The zero-order chi connectivity index (χ0) is 12.8. The van der Waals surface area contributed by atoms with Crippen LogP contribution in [-0.2, 0) is 11.2 Å². The van der Waals surface area contributed by atoms with E-state index in [-0.39, 0.29) is 11.9 Å². The van der Waals surface area contributed by atoms with E-state index in [4.69, 9.17) is 28.9 Å². The maximum absolute atomic E-state index is 11.4. The van der Waals surface area contributed by atoms with Gasteiger partial charge in [0.25, 0.3) is 0 Å². The van der Waals surface area contributed by atoms with Crippen molar-refractivity contribution >= 4 is 29.1 Å². The van der Waals surface area contributed by atoms with Crippen molar-refractivity contribution in [2.75, 3.05) is 6.54 Å². The van der Waals surface area contributed by atoms with Crippen molar-refractivity contribution in [3.63, 3.8) is 0 Å². The largest absolute Gasteiger partial charge is 0.356 e. The third-order valence-electron chi connectivity index (χ3n) is 2.27. The monoisotopic (exact) mass is 274 g/mol. The Morgan fingerprint density at radius 2 is 2.00 bits per heavy atom. The number of nitrogens with one attached hydrogen (secondary N) is 1. The second kappa shape index (κ2) is 6.84. The van der Waals surface area contributed by atoms with E-state index in [0.29, 0.717) is 29.4 Å². The van der Waals surface area contributed by atoms with Gasteiger partial charge in [-0.2, -0.15) is 0 Å². The van der Waals surface area contributed by atoms with Crippen LogP contribution >= 0.6 is 23.2 Å². The lowest BCUT2D eigenvalue weighted by atomic mass is 10.1. The zero-order valence-electron chi connectivity index (χ0n) is 9.67. The Hall–Kier alpha value is -0.770. The summed E-state index contributed by atoms with van der Waals surface area (Å²) in [6.45, 7) is 2.31. The number of benzene rings is 1. The molecule has 0 bridgehead atoms. The number of hydrogen-bond donors (Lipinski definition) is 2. The van der Waals surface area contributed by atoms with Crippen LogP contribution in [0.1, 0.15) is 18.9 Å². The summed E-state index contributed by atoms with van der Waals surface area (Å²) in [6.07, 6.45) is 0.944.